The number of carbonyl (C=O) groups excluding carboxylic acids is 4. The molecule has 1 rings (SSSR count). The van der Waals surface area contributed by atoms with Gasteiger partial charge in [-0.05, 0) is 43.7 Å². The molecule has 0 aliphatic heterocycles. The molecule has 0 fully saturated rings. The first kappa shape index (κ1) is 28.2. The molecular formula is C23H37N5O5. The highest BCUT2D eigenvalue weighted by Crippen LogP contribution is 2.37. The highest BCUT2D eigenvalue weighted by molar-refractivity contribution is 6.05. The van der Waals surface area contributed by atoms with E-state index in [4.69, 9.17) is 11.6 Å². The van der Waals surface area contributed by atoms with E-state index < -0.39 is 46.9 Å². The Morgan fingerprint density at radius 3 is 1.97 bits per heavy atom. The first-order valence-corrected chi connectivity index (χ1v) is 11.0. The molecular weight excluding hydrogens is 426 g/mol. The van der Waals surface area contributed by atoms with E-state index >= 15 is 0 Å². The van der Waals surface area contributed by atoms with Gasteiger partial charge in [0.2, 0.25) is 11.8 Å². The molecule has 0 aliphatic carbocycles. The Hall–Kier alpha value is -2.82. The Morgan fingerprint density at radius 1 is 0.970 bits per heavy atom. The lowest BCUT2D eigenvalue weighted by atomic mass is 9.65. The van der Waals surface area contributed by atoms with Crippen LogP contribution in [0.3, 0.4) is 0 Å². The van der Waals surface area contributed by atoms with Gasteiger partial charge >= 0.3 is 0 Å². The van der Waals surface area contributed by atoms with Crippen LogP contribution >= 0.6 is 0 Å². The van der Waals surface area contributed by atoms with E-state index in [1.54, 1.807) is 35.8 Å². The van der Waals surface area contributed by atoms with Crippen LogP contribution in [-0.2, 0) is 14.4 Å². The van der Waals surface area contributed by atoms with Crippen LogP contribution in [0, 0.1) is 23.7 Å². The number of benzene rings is 1. The zero-order chi connectivity index (χ0) is 25.3. The van der Waals surface area contributed by atoms with Crippen molar-refractivity contribution in [3.05, 3.63) is 35.9 Å². The number of hydrogen-bond acceptors (Lipinski definition) is 7. The topological polar surface area (TPSA) is 177 Å². The Morgan fingerprint density at radius 2 is 1.55 bits per heavy atom. The molecule has 0 heterocycles. The third kappa shape index (κ3) is 7.08. The second kappa shape index (κ2) is 12.4. The van der Waals surface area contributed by atoms with Crippen LogP contribution in [0.1, 0.15) is 57.8 Å². The molecule has 10 nitrogen and oxygen atoms in total. The fraction of sp³-hybridized carbons (Fsp3) is 0.565. The van der Waals surface area contributed by atoms with Crippen LogP contribution in [0.25, 0.3) is 0 Å². The number of amides is 3. The summed E-state index contributed by atoms with van der Waals surface area (Å²) >= 11 is 0. The van der Waals surface area contributed by atoms with Crippen molar-refractivity contribution in [2.45, 2.75) is 59.0 Å². The summed E-state index contributed by atoms with van der Waals surface area (Å²) < 4.78 is 0. The lowest BCUT2D eigenvalue weighted by molar-refractivity contribution is -0.150. The number of nitrogens with one attached hydrogen (secondary N) is 3. The van der Waals surface area contributed by atoms with Crippen molar-refractivity contribution in [2.75, 3.05) is 0 Å². The van der Waals surface area contributed by atoms with Crippen LogP contribution in [0.2, 0.25) is 0 Å². The summed E-state index contributed by atoms with van der Waals surface area (Å²) in [5.41, 5.74) is 7.98. The van der Waals surface area contributed by atoms with E-state index in [1.807, 2.05) is 27.7 Å². The molecule has 0 saturated carbocycles. The van der Waals surface area contributed by atoms with E-state index in [0.29, 0.717) is 0 Å². The molecule has 10 heteroatoms. The predicted octanol–water partition coefficient (Wildman–Crippen LogP) is 0.891. The summed E-state index contributed by atoms with van der Waals surface area (Å²) in [7, 11) is 0. The van der Waals surface area contributed by atoms with Gasteiger partial charge in [0.1, 0.15) is 5.54 Å². The molecule has 1 aromatic carbocycles. The molecule has 4 atom stereocenters. The van der Waals surface area contributed by atoms with Crippen molar-refractivity contribution in [2.24, 2.45) is 35.2 Å². The Labute approximate surface area is 194 Å². The maximum atomic E-state index is 13.7. The normalized spacial score (nSPS) is 15.8. The molecule has 1 unspecified atom stereocenters. The molecule has 0 bridgehead atoms. The van der Waals surface area contributed by atoms with Gasteiger partial charge in [-0.2, -0.15) is 0 Å². The van der Waals surface area contributed by atoms with Crippen molar-refractivity contribution in [3.8, 4) is 0 Å². The molecule has 0 radical (unpaired) electrons. The van der Waals surface area contributed by atoms with Crippen molar-refractivity contribution in [3.63, 3.8) is 0 Å². The summed E-state index contributed by atoms with van der Waals surface area (Å²) in [5, 5.41) is 12.3. The van der Waals surface area contributed by atoms with Crippen LogP contribution < -0.4 is 27.8 Å². The lowest BCUT2D eigenvalue weighted by Crippen LogP contribution is -2.69. The fourth-order valence-corrected chi connectivity index (χ4v) is 4.31. The summed E-state index contributed by atoms with van der Waals surface area (Å²) in [6.07, 6.45) is 0.158. The highest BCUT2D eigenvalue weighted by Gasteiger charge is 2.55. The van der Waals surface area contributed by atoms with Gasteiger partial charge in [0.25, 0.3) is 5.91 Å². The van der Waals surface area contributed by atoms with Gasteiger partial charge in [0.05, 0.1) is 17.9 Å². The number of hydrazine groups is 1. The summed E-state index contributed by atoms with van der Waals surface area (Å²) in [5.74, 6) is -0.421. The minimum Gasteiger partial charge on any atom is -0.339 e. The molecule has 1 aromatic rings. The average molecular weight is 464 g/mol. The third-order valence-corrected chi connectivity index (χ3v) is 5.49. The first-order chi connectivity index (χ1) is 15.4. The van der Waals surface area contributed by atoms with E-state index in [1.165, 1.54) is 6.92 Å². The first-order valence-electron chi connectivity index (χ1n) is 11.0. The predicted molar refractivity (Wildman–Crippen MR) is 123 cm³/mol. The standard InChI is InChI=1S/C23H37N5O5/c1-13(2)11-17(21(31)27-25)18(22(32)28-33)23(12-14(3)4,19(29)15(5)24)26-20(30)16-9-7-6-8-10-16/h6-10,13-15,17-18,33H,11-12,24-25H2,1-5H3,(H,26,30)(H,27,31)(H,28,32)/t15-,17-,18+,23?/m1/s1. The SMILES string of the molecule is CC(C)C[C@@H](C(=O)NN)[C@@H](C(=O)NO)C(CC(C)C)(NC(=O)c1ccccc1)C(=O)[C@@H](C)N. The quantitative estimate of drug-likeness (QED) is 0.115. The van der Waals surface area contributed by atoms with E-state index in [9.17, 15) is 24.4 Å². The van der Waals surface area contributed by atoms with Crippen molar-refractivity contribution >= 4 is 23.5 Å². The molecule has 0 aromatic heterocycles. The second-order valence-corrected chi connectivity index (χ2v) is 9.24. The van der Waals surface area contributed by atoms with Gasteiger partial charge in [0, 0.05) is 5.56 Å². The Bertz CT molecular complexity index is 828. The third-order valence-electron chi connectivity index (χ3n) is 5.49. The largest absolute Gasteiger partial charge is 0.339 e. The zero-order valence-electron chi connectivity index (χ0n) is 19.9. The fourth-order valence-electron chi connectivity index (χ4n) is 4.31. The van der Waals surface area contributed by atoms with Gasteiger partial charge < -0.3 is 11.1 Å². The lowest BCUT2D eigenvalue weighted by Gasteiger charge is -2.44. The summed E-state index contributed by atoms with van der Waals surface area (Å²) in [6.45, 7) is 8.74. The van der Waals surface area contributed by atoms with Crippen molar-refractivity contribution < 1.29 is 24.4 Å². The molecule has 0 aliphatic rings. The zero-order valence-corrected chi connectivity index (χ0v) is 19.9. The monoisotopic (exact) mass is 463 g/mol. The number of Topliss-reactive ketones (excluding diaryl/α,β-unsaturated/α-hetero) is 1. The van der Waals surface area contributed by atoms with Gasteiger partial charge in [-0.25, -0.2) is 11.3 Å². The summed E-state index contributed by atoms with van der Waals surface area (Å²) in [6, 6.07) is 7.10. The Kier molecular flexibility index (Phi) is 10.6. The van der Waals surface area contributed by atoms with Crippen LogP contribution in [0.5, 0.6) is 0 Å². The van der Waals surface area contributed by atoms with E-state index in [-0.39, 0.29) is 30.2 Å². The van der Waals surface area contributed by atoms with E-state index in [0.717, 1.165) is 0 Å². The molecule has 0 saturated heterocycles. The smallest absolute Gasteiger partial charge is 0.252 e. The molecule has 3 amide bonds. The summed E-state index contributed by atoms with van der Waals surface area (Å²) in [4.78, 5) is 52.8. The number of rotatable bonds is 12. The number of carbonyl (C=O) groups is 4. The van der Waals surface area contributed by atoms with E-state index in [2.05, 4.69) is 10.7 Å². The average Bonchev–Trinajstić information content (AvgIpc) is 2.76. The molecule has 0 spiro atoms. The van der Waals surface area contributed by atoms with Gasteiger partial charge in [-0.15, -0.1) is 0 Å². The highest BCUT2D eigenvalue weighted by atomic mass is 16.5. The van der Waals surface area contributed by atoms with Crippen molar-refractivity contribution in [1.29, 1.82) is 0 Å². The van der Waals surface area contributed by atoms with Gasteiger partial charge in [-0.3, -0.25) is 29.8 Å². The number of ketones is 1. The van der Waals surface area contributed by atoms with Crippen LogP contribution in [0.15, 0.2) is 30.3 Å². The van der Waals surface area contributed by atoms with Crippen LogP contribution in [-0.4, -0.2) is 40.3 Å². The number of hydrogen-bond donors (Lipinski definition) is 6. The van der Waals surface area contributed by atoms with Gasteiger partial charge in [0.15, 0.2) is 5.78 Å². The second-order valence-electron chi connectivity index (χ2n) is 9.24. The molecule has 8 N–H and O–H groups in total. The minimum atomic E-state index is -1.89. The minimum absolute atomic E-state index is 0.00349. The number of nitrogens with two attached hydrogens (primary N) is 2. The molecule has 33 heavy (non-hydrogen) atoms. The molecule has 184 valence electrons. The van der Waals surface area contributed by atoms with Crippen LogP contribution in [0.4, 0.5) is 0 Å². The Balaban J connectivity index is 3.86. The maximum Gasteiger partial charge on any atom is 0.252 e. The van der Waals surface area contributed by atoms with Gasteiger partial charge in [-0.1, -0.05) is 45.9 Å². The number of hydroxylamine groups is 1. The maximum absolute atomic E-state index is 13.7. The van der Waals surface area contributed by atoms with Crippen molar-refractivity contribution in [1.82, 2.24) is 16.2 Å².